The summed E-state index contributed by atoms with van der Waals surface area (Å²) in [5, 5.41) is 36.6. The molecule has 144 valence electrons. The molecule has 0 aromatic heterocycles. The lowest BCUT2D eigenvalue weighted by Gasteiger charge is -2.13. The van der Waals surface area contributed by atoms with Crippen LogP contribution in [0.25, 0.3) is 0 Å². The smallest absolute Gasteiger partial charge is 0.340 e. The minimum absolute atomic E-state index is 0. The zero-order valence-electron chi connectivity index (χ0n) is 13.3. The van der Waals surface area contributed by atoms with Crippen LogP contribution < -0.4 is 4.74 Å². The van der Waals surface area contributed by atoms with Crippen molar-refractivity contribution < 1.29 is 55.3 Å². The fourth-order valence-corrected chi connectivity index (χ4v) is 2.15. The van der Waals surface area contributed by atoms with E-state index in [-0.39, 0.29) is 11.0 Å². The predicted octanol–water partition coefficient (Wildman–Crippen LogP) is 0.622. The molecule has 0 unspecified atom stereocenters. The molecule has 0 aliphatic heterocycles. The highest BCUT2D eigenvalue weighted by Crippen LogP contribution is 2.32. The van der Waals surface area contributed by atoms with Crippen molar-refractivity contribution >= 4 is 23.9 Å². The molecule has 0 bridgehead atoms. The van der Waals surface area contributed by atoms with E-state index in [4.69, 9.17) is 14.9 Å². The molecule has 0 saturated heterocycles. The van der Waals surface area contributed by atoms with Crippen LogP contribution in [0.15, 0.2) is 36.4 Å². The summed E-state index contributed by atoms with van der Waals surface area (Å²) in [7, 11) is 0. The van der Waals surface area contributed by atoms with Gasteiger partial charge in [0, 0.05) is 0 Å². The third-order valence-corrected chi connectivity index (χ3v) is 3.16. The lowest BCUT2D eigenvalue weighted by atomic mass is 10.1. The summed E-state index contributed by atoms with van der Waals surface area (Å²) in [5.41, 5.74) is -2.49. The Morgan fingerprint density at radius 2 is 0.926 bits per heavy atom. The average molecular weight is 382 g/mol. The number of carbonyl (C=O) groups is 4. The van der Waals surface area contributed by atoms with Crippen molar-refractivity contribution in [3.63, 3.8) is 0 Å². The number of ether oxygens (including phenoxy) is 1. The normalized spacial score (nSPS) is 9.33. The summed E-state index contributed by atoms with van der Waals surface area (Å²) in [6.45, 7) is 0. The van der Waals surface area contributed by atoms with Gasteiger partial charge in [0.1, 0.15) is 22.6 Å². The van der Waals surface area contributed by atoms with E-state index in [9.17, 15) is 29.4 Å². The second-order valence-corrected chi connectivity index (χ2v) is 4.68. The molecule has 0 atom stereocenters. The second-order valence-electron chi connectivity index (χ2n) is 4.68. The standard InChI is InChI=1S/C16H10O9.2H2O/c17-13(18)7-3-1-5-9(11(7)15(21)22)25-10-6-2-4-8(14(19)20)12(10)16(23)24;;/h1-6H,(H,17,18)(H,19,20)(H,21,22)(H,23,24);2*1H2. The van der Waals surface area contributed by atoms with Gasteiger partial charge in [0.2, 0.25) is 0 Å². The van der Waals surface area contributed by atoms with Gasteiger partial charge < -0.3 is 36.1 Å². The minimum atomic E-state index is -1.60. The van der Waals surface area contributed by atoms with Gasteiger partial charge in [0.25, 0.3) is 0 Å². The highest BCUT2D eigenvalue weighted by Gasteiger charge is 2.25. The first-order chi connectivity index (χ1) is 11.7. The van der Waals surface area contributed by atoms with Crippen LogP contribution >= 0.6 is 0 Å². The number of hydrogen-bond donors (Lipinski definition) is 4. The van der Waals surface area contributed by atoms with Gasteiger partial charge in [0.15, 0.2) is 0 Å². The second kappa shape index (κ2) is 8.94. The Morgan fingerprint density at radius 3 is 1.19 bits per heavy atom. The monoisotopic (exact) mass is 382 g/mol. The van der Waals surface area contributed by atoms with E-state index in [0.29, 0.717) is 0 Å². The maximum Gasteiger partial charge on any atom is 0.340 e. The van der Waals surface area contributed by atoms with Crippen LogP contribution in [0, 0.1) is 0 Å². The van der Waals surface area contributed by atoms with Crippen LogP contribution in [0.5, 0.6) is 11.5 Å². The molecule has 0 spiro atoms. The van der Waals surface area contributed by atoms with Gasteiger partial charge in [-0.3, -0.25) is 0 Å². The first-order valence-electron chi connectivity index (χ1n) is 6.61. The molecule has 0 saturated carbocycles. The topological polar surface area (TPSA) is 221 Å². The fourth-order valence-electron chi connectivity index (χ4n) is 2.15. The maximum absolute atomic E-state index is 11.4. The zero-order chi connectivity index (χ0) is 18.7. The van der Waals surface area contributed by atoms with Crippen LogP contribution in [0.2, 0.25) is 0 Å². The summed E-state index contributed by atoms with van der Waals surface area (Å²) in [4.78, 5) is 45.1. The Hall–Kier alpha value is -3.96. The molecule has 0 amide bonds. The predicted molar refractivity (Wildman–Crippen MR) is 88.0 cm³/mol. The molecule has 27 heavy (non-hydrogen) atoms. The lowest BCUT2D eigenvalue weighted by molar-refractivity contribution is 0.0645. The molecular formula is C16H14O11. The Bertz CT molecular complexity index is 828. The van der Waals surface area contributed by atoms with Gasteiger partial charge in [-0.05, 0) is 24.3 Å². The Kier molecular flexibility index (Phi) is 7.63. The van der Waals surface area contributed by atoms with Crippen molar-refractivity contribution in [2.45, 2.75) is 0 Å². The van der Waals surface area contributed by atoms with Crippen LogP contribution in [0.4, 0.5) is 0 Å². The lowest BCUT2D eigenvalue weighted by Crippen LogP contribution is -2.12. The molecule has 11 nitrogen and oxygen atoms in total. The van der Waals surface area contributed by atoms with Crippen LogP contribution in [0.1, 0.15) is 41.4 Å². The number of benzene rings is 2. The number of rotatable bonds is 6. The van der Waals surface area contributed by atoms with E-state index in [2.05, 4.69) is 0 Å². The van der Waals surface area contributed by atoms with Crippen molar-refractivity contribution in [3.8, 4) is 11.5 Å². The maximum atomic E-state index is 11.4. The molecule has 11 heteroatoms. The van der Waals surface area contributed by atoms with E-state index in [1.807, 2.05) is 0 Å². The molecule has 0 aliphatic rings. The van der Waals surface area contributed by atoms with Crippen molar-refractivity contribution in [2.24, 2.45) is 0 Å². The first-order valence-corrected chi connectivity index (χ1v) is 6.61. The SMILES string of the molecule is O.O.O=C(O)c1cccc(Oc2cccc(C(=O)O)c2C(=O)O)c1C(=O)O. The van der Waals surface area contributed by atoms with Crippen molar-refractivity contribution in [3.05, 3.63) is 58.7 Å². The molecule has 0 fully saturated rings. The average Bonchev–Trinajstić information content (AvgIpc) is 2.53. The van der Waals surface area contributed by atoms with Gasteiger partial charge >= 0.3 is 23.9 Å². The Balaban J connectivity index is 0.00000338. The highest BCUT2D eigenvalue weighted by molar-refractivity contribution is 6.05. The molecule has 0 heterocycles. The largest absolute Gasteiger partial charge is 0.478 e. The summed E-state index contributed by atoms with van der Waals surface area (Å²) < 4.78 is 5.26. The van der Waals surface area contributed by atoms with Gasteiger partial charge in [-0.2, -0.15) is 0 Å². The van der Waals surface area contributed by atoms with Crippen LogP contribution in [-0.2, 0) is 0 Å². The van der Waals surface area contributed by atoms with Crippen molar-refractivity contribution in [2.75, 3.05) is 0 Å². The highest BCUT2D eigenvalue weighted by atomic mass is 16.5. The van der Waals surface area contributed by atoms with Gasteiger partial charge in [-0.15, -0.1) is 0 Å². The Labute approximate surface area is 150 Å². The molecule has 2 aromatic carbocycles. The third kappa shape index (κ3) is 4.56. The summed E-state index contributed by atoms with van der Waals surface area (Å²) in [5.74, 6) is -7.09. The quantitative estimate of drug-likeness (QED) is 0.548. The van der Waals surface area contributed by atoms with Gasteiger partial charge in [-0.1, -0.05) is 12.1 Å². The van der Waals surface area contributed by atoms with E-state index in [0.717, 1.165) is 24.3 Å². The fraction of sp³-hybridized carbons (Fsp3) is 0. The molecular weight excluding hydrogens is 368 g/mol. The van der Waals surface area contributed by atoms with Crippen molar-refractivity contribution in [1.29, 1.82) is 0 Å². The summed E-state index contributed by atoms with van der Waals surface area (Å²) >= 11 is 0. The van der Waals surface area contributed by atoms with Gasteiger partial charge in [-0.25, -0.2) is 19.2 Å². The molecule has 8 N–H and O–H groups in total. The first kappa shape index (κ1) is 23.0. The number of aromatic carboxylic acids is 4. The zero-order valence-corrected chi connectivity index (χ0v) is 13.3. The van der Waals surface area contributed by atoms with Gasteiger partial charge in [0.05, 0.1) is 11.1 Å². The number of carboxylic acid groups (broad SMARTS) is 4. The van der Waals surface area contributed by atoms with E-state index < -0.39 is 57.6 Å². The van der Waals surface area contributed by atoms with E-state index in [1.165, 1.54) is 12.1 Å². The number of hydrogen-bond acceptors (Lipinski definition) is 5. The molecule has 0 radical (unpaired) electrons. The van der Waals surface area contributed by atoms with Crippen LogP contribution in [0.3, 0.4) is 0 Å². The van der Waals surface area contributed by atoms with Crippen LogP contribution in [-0.4, -0.2) is 55.3 Å². The third-order valence-electron chi connectivity index (χ3n) is 3.16. The molecule has 0 aliphatic carbocycles. The number of carboxylic acids is 4. The summed E-state index contributed by atoms with van der Waals surface area (Å²) in [6, 6.07) is 6.79. The summed E-state index contributed by atoms with van der Waals surface area (Å²) in [6.07, 6.45) is 0. The Morgan fingerprint density at radius 1 is 0.593 bits per heavy atom. The molecule has 2 rings (SSSR count). The minimum Gasteiger partial charge on any atom is -0.478 e. The van der Waals surface area contributed by atoms with E-state index >= 15 is 0 Å². The molecule has 2 aromatic rings. The van der Waals surface area contributed by atoms with Crippen molar-refractivity contribution in [1.82, 2.24) is 0 Å². The van der Waals surface area contributed by atoms with E-state index in [1.54, 1.807) is 0 Å².